The summed E-state index contributed by atoms with van der Waals surface area (Å²) in [6.07, 6.45) is 0. The van der Waals surface area contributed by atoms with E-state index in [0.717, 1.165) is 11.3 Å². The Morgan fingerprint density at radius 2 is 2.00 bits per heavy atom. The Morgan fingerprint density at radius 3 is 2.53 bits per heavy atom. The molecule has 3 nitrogen and oxygen atoms in total. The van der Waals surface area contributed by atoms with E-state index in [-0.39, 0.29) is 12.1 Å². The molecule has 0 aliphatic heterocycles. The quantitative estimate of drug-likeness (QED) is 0.765. The maximum absolute atomic E-state index is 11.4. The molecule has 0 spiro atoms. The van der Waals surface area contributed by atoms with Crippen molar-refractivity contribution in [2.24, 2.45) is 0 Å². The number of hydrogen-bond donors (Lipinski definition) is 2. The number of carbonyl (C=O) groups is 1. The molecule has 0 heterocycles. The fourth-order valence-electron chi connectivity index (χ4n) is 1.07. The predicted molar refractivity (Wildman–Crippen MR) is 63.5 cm³/mol. The molecule has 0 saturated carbocycles. The van der Waals surface area contributed by atoms with Gasteiger partial charge in [0.2, 0.25) is 0 Å². The first kappa shape index (κ1) is 11.9. The summed E-state index contributed by atoms with van der Waals surface area (Å²) in [7, 11) is 0. The molecule has 1 aromatic carbocycles. The zero-order valence-corrected chi connectivity index (χ0v) is 9.64. The van der Waals surface area contributed by atoms with Gasteiger partial charge in [-0.1, -0.05) is 17.7 Å². The van der Waals surface area contributed by atoms with Gasteiger partial charge in [-0.3, -0.25) is 0 Å². The molecule has 0 radical (unpaired) electrons. The van der Waals surface area contributed by atoms with E-state index in [1.165, 1.54) is 0 Å². The third-order valence-corrected chi connectivity index (χ3v) is 2.38. The number of urea groups is 1. The number of anilines is 1. The van der Waals surface area contributed by atoms with Crippen LogP contribution in [0.1, 0.15) is 12.5 Å². The maximum atomic E-state index is 11.4. The second-order valence-corrected chi connectivity index (χ2v) is 3.83. The van der Waals surface area contributed by atoms with Gasteiger partial charge in [-0.25, -0.2) is 4.79 Å². The summed E-state index contributed by atoms with van der Waals surface area (Å²) < 4.78 is 0. The molecule has 2 N–H and O–H groups in total. The molecular formula is C11H15ClN2O. The highest BCUT2D eigenvalue weighted by Crippen LogP contribution is 2.08. The van der Waals surface area contributed by atoms with Crippen molar-refractivity contribution >= 4 is 23.3 Å². The van der Waals surface area contributed by atoms with Crippen molar-refractivity contribution < 1.29 is 4.79 Å². The Hall–Kier alpha value is -1.22. The van der Waals surface area contributed by atoms with E-state index in [2.05, 4.69) is 10.6 Å². The molecular weight excluding hydrogens is 212 g/mol. The number of nitrogens with one attached hydrogen (secondary N) is 2. The van der Waals surface area contributed by atoms with Crippen LogP contribution in [0.4, 0.5) is 10.5 Å². The molecule has 2 amide bonds. The van der Waals surface area contributed by atoms with Crippen molar-refractivity contribution in [3.8, 4) is 0 Å². The SMILES string of the molecule is Cc1ccc(NC(=O)N[C@H](C)CCl)cc1. The molecule has 4 heteroatoms. The van der Waals surface area contributed by atoms with Crippen molar-refractivity contribution in [3.05, 3.63) is 29.8 Å². The lowest BCUT2D eigenvalue weighted by molar-refractivity contribution is 0.250. The first-order valence-corrected chi connectivity index (χ1v) is 5.35. The van der Waals surface area contributed by atoms with E-state index < -0.39 is 0 Å². The Bertz CT molecular complexity index is 324. The van der Waals surface area contributed by atoms with E-state index in [0.29, 0.717) is 5.88 Å². The minimum atomic E-state index is -0.230. The molecule has 0 aliphatic rings. The lowest BCUT2D eigenvalue weighted by Gasteiger charge is -2.11. The van der Waals surface area contributed by atoms with Gasteiger partial charge in [0.1, 0.15) is 0 Å². The van der Waals surface area contributed by atoms with Gasteiger partial charge in [0.15, 0.2) is 0 Å². The number of aryl methyl sites for hydroxylation is 1. The zero-order chi connectivity index (χ0) is 11.3. The summed E-state index contributed by atoms with van der Waals surface area (Å²) in [5.74, 6) is 0.404. The first-order valence-electron chi connectivity index (χ1n) is 4.82. The average Bonchev–Trinajstić information content (AvgIpc) is 2.21. The second-order valence-electron chi connectivity index (χ2n) is 3.52. The van der Waals surface area contributed by atoms with Crippen molar-refractivity contribution in [2.45, 2.75) is 19.9 Å². The smallest absolute Gasteiger partial charge is 0.319 e. The van der Waals surface area contributed by atoms with Crippen LogP contribution in [0, 0.1) is 6.92 Å². The fourth-order valence-corrected chi connectivity index (χ4v) is 1.14. The monoisotopic (exact) mass is 226 g/mol. The lowest BCUT2D eigenvalue weighted by atomic mass is 10.2. The van der Waals surface area contributed by atoms with Crippen LogP contribution in [-0.2, 0) is 0 Å². The Morgan fingerprint density at radius 1 is 1.40 bits per heavy atom. The highest BCUT2D eigenvalue weighted by Gasteiger charge is 2.05. The summed E-state index contributed by atoms with van der Waals surface area (Å²) in [6.45, 7) is 3.85. The molecule has 0 aliphatic carbocycles. The van der Waals surface area contributed by atoms with Crippen LogP contribution < -0.4 is 10.6 Å². The molecule has 1 atom stereocenters. The average molecular weight is 227 g/mol. The van der Waals surface area contributed by atoms with Crippen molar-refractivity contribution in [2.75, 3.05) is 11.2 Å². The summed E-state index contributed by atoms with van der Waals surface area (Å²) in [5, 5.41) is 5.44. The third kappa shape index (κ3) is 4.21. The van der Waals surface area contributed by atoms with Crippen LogP contribution in [0.25, 0.3) is 0 Å². The van der Waals surface area contributed by atoms with E-state index in [4.69, 9.17) is 11.6 Å². The van der Waals surface area contributed by atoms with Crippen molar-refractivity contribution in [1.29, 1.82) is 0 Å². The highest BCUT2D eigenvalue weighted by atomic mass is 35.5. The van der Waals surface area contributed by atoms with Gasteiger partial charge in [-0.05, 0) is 26.0 Å². The summed E-state index contributed by atoms with van der Waals surface area (Å²) in [6, 6.07) is 7.35. The van der Waals surface area contributed by atoms with Crippen LogP contribution in [0.2, 0.25) is 0 Å². The lowest BCUT2D eigenvalue weighted by Crippen LogP contribution is -2.37. The predicted octanol–water partition coefficient (Wildman–Crippen LogP) is 2.74. The number of rotatable bonds is 3. The standard InChI is InChI=1S/C11H15ClN2O/c1-8-3-5-10(6-4-8)14-11(15)13-9(2)7-12/h3-6,9H,7H2,1-2H3,(H2,13,14,15)/t9-/m1/s1. The summed E-state index contributed by atoms with van der Waals surface area (Å²) in [4.78, 5) is 11.4. The number of hydrogen-bond acceptors (Lipinski definition) is 1. The van der Waals surface area contributed by atoms with E-state index in [9.17, 15) is 4.79 Å². The molecule has 15 heavy (non-hydrogen) atoms. The van der Waals surface area contributed by atoms with Crippen LogP contribution in [0.5, 0.6) is 0 Å². The van der Waals surface area contributed by atoms with E-state index in [1.807, 2.05) is 38.1 Å². The van der Waals surface area contributed by atoms with Crippen LogP contribution >= 0.6 is 11.6 Å². The number of benzene rings is 1. The zero-order valence-electron chi connectivity index (χ0n) is 8.88. The van der Waals surface area contributed by atoms with Gasteiger partial charge in [-0.2, -0.15) is 0 Å². The van der Waals surface area contributed by atoms with Crippen molar-refractivity contribution in [3.63, 3.8) is 0 Å². The van der Waals surface area contributed by atoms with Gasteiger partial charge in [-0.15, -0.1) is 11.6 Å². The Labute approximate surface area is 94.8 Å². The molecule has 0 fully saturated rings. The van der Waals surface area contributed by atoms with E-state index in [1.54, 1.807) is 0 Å². The molecule has 0 bridgehead atoms. The number of halogens is 1. The van der Waals surface area contributed by atoms with Gasteiger partial charge in [0.25, 0.3) is 0 Å². The van der Waals surface area contributed by atoms with Gasteiger partial charge in [0.05, 0.1) is 0 Å². The number of alkyl halides is 1. The van der Waals surface area contributed by atoms with Crippen molar-refractivity contribution in [1.82, 2.24) is 5.32 Å². The molecule has 0 aromatic heterocycles. The minimum Gasteiger partial charge on any atom is -0.334 e. The van der Waals surface area contributed by atoms with Gasteiger partial charge in [0, 0.05) is 17.6 Å². The van der Waals surface area contributed by atoms with Gasteiger partial charge >= 0.3 is 6.03 Å². The second kappa shape index (κ2) is 5.61. The first-order chi connectivity index (χ1) is 7.11. The Kier molecular flexibility index (Phi) is 4.43. The molecule has 1 rings (SSSR count). The molecule has 1 aromatic rings. The van der Waals surface area contributed by atoms with Gasteiger partial charge < -0.3 is 10.6 Å². The van der Waals surface area contributed by atoms with E-state index >= 15 is 0 Å². The Balaban J connectivity index is 2.48. The van der Waals surface area contributed by atoms with Crippen LogP contribution in [0.3, 0.4) is 0 Å². The normalized spacial score (nSPS) is 11.9. The number of amides is 2. The maximum Gasteiger partial charge on any atom is 0.319 e. The third-order valence-electron chi connectivity index (χ3n) is 1.92. The van der Waals surface area contributed by atoms with Crippen LogP contribution in [-0.4, -0.2) is 18.0 Å². The van der Waals surface area contributed by atoms with Crippen LogP contribution in [0.15, 0.2) is 24.3 Å². The fraction of sp³-hybridized carbons (Fsp3) is 0.364. The minimum absolute atomic E-state index is 0.0304. The molecule has 82 valence electrons. The largest absolute Gasteiger partial charge is 0.334 e. The summed E-state index contributed by atoms with van der Waals surface area (Å²) in [5.41, 5.74) is 1.94. The molecule has 0 unspecified atom stereocenters. The number of carbonyl (C=O) groups excluding carboxylic acids is 1. The summed E-state index contributed by atoms with van der Waals surface area (Å²) >= 11 is 5.58. The highest BCUT2D eigenvalue weighted by molar-refractivity contribution is 6.18. The topological polar surface area (TPSA) is 41.1 Å². The molecule has 0 saturated heterocycles.